The van der Waals surface area contributed by atoms with Crippen molar-refractivity contribution in [2.45, 2.75) is 12.5 Å². The molecule has 1 aromatic heterocycles. The molecule has 0 bridgehead atoms. The van der Waals surface area contributed by atoms with E-state index in [1.165, 1.54) is 4.90 Å². The van der Waals surface area contributed by atoms with E-state index in [2.05, 4.69) is 5.10 Å². The van der Waals surface area contributed by atoms with Crippen molar-refractivity contribution >= 4 is 11.9 Å². The fraction of sp³-hybridized carbons (Fsp3) is 0.500. The summed E-state index contributed by atoms with van der Waals surface area (Å²) in [5.74, 6) is -1.77. The van der Waals surface area contributed by atoms with Crippen LogP contribution in [0, 0.1) is 5.92 Å². The number of carbonyl (C=O) groups excluding carboxylic acids is 1. The van der Waals surface area contributed by atoms with Gasteiger partial charge in [0.25, 0.3) is 0 Å². The number of aromatic nitrogens is 2. The van der Waals surface area contributed by atoms with E-state index in [1.54, 1.807) is 31.0 Å². The van der Waals surface area contributed by atoms with Crippen LogP contribution < -0.4 is 0 Å². The number of hydrogen-bond acceptors (Lipinski definition) is 3. The van der Waals surface area contributed by atoms with Gasteiger partial charge in [-0.15, -0.1) is 0 Å². The molecule has 1 N–H and O–H groups in total. The summed E-state index contributed by atoms with van der Waals surface area (Å²) in [4.78, 5) is 24.1. The second-order valence-electron chi connectivity index (χ2n) is 3.98. The first-order valence-electron chi connectivity index (χ1n) is 4.98. The molecule has 2 atom stereocenters. The molecule has 6 heteroatoms. The Hall–Kier alpha value is -1.85. The van der Waals surface area contributed by atoms with E-state index in [1.807, 2.05) is 0 Å². The topological polar surface area (TPSA) is 75.4 Å². The molecule has 1 aliphatic heterocycles. The smallest absolute Gasteiger partial charge is 0.309 e. The number of aryl methyl sites for hydroxylation is 1. The largest absolute Gasteiger partial charge is 0.481 e. The Kier molecular flexibility index (Phi) is 2.41. The Bertz CT molecular complexity index is 440. The molecule has 0 radical (unpaired) electrons. The minimum absolute atomic E-state index is 0.0572. The highest BCUT2D eigenvalue weighted by Crippen LogP contribution is 2.36. The third-order valence-electron chi connectivity index (χ3n) is 3.07. The lowest BCUT2D eigenvalue weighted by Crippen LogP contribution is -2.28. The number of hydrogen-bond donors (Lipinski definition) is 1. The number of aliphatic carboxylic acids is 1. The van der Waals surface area contributed by atoms with Crippen LogP contribution in [0.25, 0.3) is 0 Å². The molecule has 86 valence electrons. The van der Waals surface area contributed by atoms with Gasteiger partial charge in [-0.05, 0) is 6.07 Å². The molecule has 1 saturated heterocycles. The van der Waals surface area contributed by atoms with Crippen LogP contribution in [0.3, 0.4) is 0 Å². The number of carboxylic acid groups (broad SMARTS) is 1. The van der Waals surface area contributed by atoms with Crippen molar-refractivity contribution in [2.24, 2.45) is 13.0 Å². The maximum atomic E-state index is 11.5. The van der Waals surface area contributed by atoms with Crippen LogP contribution in [-0.4, -0.2) is 38.7 Å². The van der Waals surface area contributed by atoms with Crippen LogP contribution in [0.15, 0.2) is 12.3 Å². The lowest BCUT2D eigenvalue weighted by atomic mass is 9.98. The number of carbonyl (C=O) groups is 2. The molecule has 1 fully saturated rings. The van der Waals surface area contributed by atoms with Crippen LogP contribution in [0.2, 0.25) is 0 Å². The first-order valence-corrected chi connectivity index (χ1v) is 4.98. The lowest BCUT2D eigenvalue weighted by Gasteiger charge is -2.22. The Morgan fingerprint density at radius 1 is 1.56 bits per heavy atom. The van der Waals surface area contributed by atoms with Gasteiger partial charge in [0.05, 0.1) is 17.7 Å². The zero-order valence-corrected chi connectivity index (χ0v) is 9.12. The average molecular weight is 223 g/mol. The predicted octanol–water partition coefficient (Wildman–Crippen LogP) is 0.0241. The summed E-state index contributed by atoms with van der Waals surface area (Å²) in [6.45, 7) is 0. The van der Waals surface area contributed by atoms with Crippen molar-refractivity contribution in [3.63, 3.8) is 0 Å². The Labute approximate surface area is 92.5 Å². The van der Waals surface area contributed by atoms with Gasteiger partial charge in [0, 0.05) is 26.7 Å². The van der Waals surface area contributed by atoms with E-state index in [-0.39, 0.29) is 12.3 Å². The first-order chi connectivity index (χ1) is 7.52. The van der Waals surface area contributed by atoms with Crippen LogP contribution >= 0.6 is 0 Å². The second kappa shape index (κ2) is 3.62. The number of rotatable bonds is 2. The molecule has 6 nitrogen and oxygen atoms in total. The zero-order valence-electron chi connectivity index (χ0n) is 9.12. The maximum Gasteiger partial charge on any atom is 0.309 e. The second-order valence-corrected chi connectivity index (χ2v) is 3.98. The van der Waals surface area contributed by atoms with Gasteiger partial charge in [-0.25, -0.2) is 0 Å². The highest BCUT2D eigenvalue weighted by Gasteiger charge is 2.43. The highest BCUT2D eigenvalue weighted by molar-refractivity contribution is 5.87. The number of likely N-dealkylation sites (tertiary alicyclic amines) is 1. The number of nitrogens with zero attached hydrogens (tertiary/aromatic N) is 3. The first kappa shape index (κ1) is 10.7. The van der Waals surface area contributed by atoms with E-state index in [0.29, 0.717) is 0 Å². The van der Waals surface area contributed by atoms with E-state index in [0.717, 1.165) is 5.69 Å². The zero-order chi connectivity index (χ0) is 11.9. The van der Waals surface area contributed by atoms with Crippen molar-refractivity contribution < 1.29 is 14.7 Å². The number of carboxylic acids is 1. The van der Waals surface area contributed by atoms with Crippen LogP contribution in [0.5, 0.6) is 0 Å². The third-order valence-corrected chi connectivity index (χ3v) is 3.07. The van der Waals surface area contributed by atoms with E-state index in [9.17, 15) is 9.59 Å². The monoisotopic (exact) mass is 223 g/mol. The minimum atomic E-state index is -0.941. The van der Waals surface area contributed by atoms with Gasteiger partial charge in [0.1, 0.15) is 0 Å². The normalized spacial score (nSPS) is 25.1. The molecule has 0 aliphatic carbocycles. The van der Waals surface area contributed by atoms with Crippen LogP contribution in [-0.2, 0) is 16.6 Å². The van der Waals surface area contributed by atoms with Crippen LogP contribution in [0.1, 0.15) is 18.2 Å². The summed E-state index contributed by atoms with van der Waals surface area (Å²) in [6.07, 6.45) is 1.66. The number of amides is 1. The van der Waals surface area contributed by atoms with Gasteiger partial charge < -0.3 is 10.0 Å². The molecule has 0 unspecified atom stereocenters. The molecular weight excluding hydrogens is 210 g/mol. The van der Waals surface area contributed by atoms with Crippen molar-refractivity contribution in [3.8, 4) is 0 Å². The Balaban J connectivity index is 2.40. The van der Waals surface area contributed by atoms with Gasteiger partial charge in [0.15, 0.2) is 0 Å². The van der Waals surface area contributed by atoms with E-state index in [4.69, 9.17) is 5.11 Å². The molecule has 0 spiro atoms. The van der Waals surface area contributed by atoms with E-state index >= 15 is 0 Å². The summed E-state index contributed by atoms with van der Waals surface area (Å²) in [6, 6.07) is 1.33. The Morgan fingerprint density at radius 2 is 2.25 bits per heavy atom. The molecule has 1 aliphatic rings. The Morgan fingerprint density at radius 3 is 2.75 bits per heavy atom. The summed E-state index contributed by atoms with van der Waals surface area (Å²) in [5.41, 5.74) is 0.751. The summed E-state index contributed by atoms with van der Waals surface area (Å²) in [5, 5.41) is 13.1. The molecule has 2 heterocycles. The molecule has 0 aromatic carbocycles. The van der Waals surface area contributed by atoms with Gasteiger partial charge in [-0.1, -0.05) is 0 Å². The molecule has 1 aromatic rings. The lowest BCUT2D eigenvalue weighted by molar-refractivity contribution is -0.142. The third kappa shape index (κ3) is 1.46. The van der Waals surface area contributed by atoms with Crippen LogP contribution in [0.4, 0.5) is 0 Å². The van der Waals surface area contributed by atoms with Gasteiger partial charge >= 0.3 is 5.97 Å². The molecular formula is C10H13N3O3. The van der Waals surface area contributed by atoms with Crippen molar-refractivity contribution in [1.29, 1.82) is 0 Å². The van der Waals surface area contributed by atoms with Gasteiger partial charge in [-0.2, -0.15) is 5.10 Å². The standard InChI is InChI=1S/C10H13N3O3/c1-12-8(14)5-6(10(15)16)9(12)7-3-4-11-13(7)2/h3-4,6,9H,5H2,1-2H3,(H,15,16)/t6-,9+/m0/s1. The quantitative estimate of drug-likeness (QED) is 0.767. The molecule has 16 heavy (non-hydrogen) atoms. The maximum absolute atomic E-state index is 11.5. The van der Waals surface area contributed by atoms with Crippen molar-refractivity contribution in [1.82, 2.24) is 14.7 Å². The van der Waals surface area contributed by atoms with Crippen molar-refractivity contribution in [2.75, 3.05) is 7.05 Å². The average Bonchev–Trinajstić information content (AvgIpc) is 2.73. The molecule has 0 saturated carbocycles. The van der Waals surface area contributed by atoms with Gasteiger partial charge in [-0.3, -0.25) is 14.3 Å². The highest BCUT2D eigenvalue weighted by atomic mass is 16.4. The summed E-state index contributed by atoms with van der Waals surface area (Å²) in [7, 11) is 3.37. The molecule has 2 rings (SSSR count). The fourth-order valence-corrected chi connectivity index (χ4v) is 2.17. The summed E-state index contributed by atoms with van der Waals surface area (Å²) >= 11 is 0. The molecule has 1 amide bonds. The van der Waals surface area contributed by atoms with E-state index < -0.39 is 17.9 Å². The predicted molar refractivity (Wildman–Crippen MR) is 54.5 cm³/mol. The fourth-order valence-electron chi connectivity index (χ4n) is 2.17. The van der Waals surface area contributed by atoms with Gasteiger partial charge in [0.2, 0.25) is 5.91 Å². The SMILES string of the molecule is CN1C(=O)C[C@H](C(=O)O)[C@@H]1c1ccnn1C. The van der Waals surface area contributed by atoms with Crippen molar-refractivity contribution in [3.05, 3.63) is 18.0 Å². The summed E-state index contributed by atoms with van der Waals surface area (Å²) < 4.78 is 1.61. The minimum Gasteiger partial charge on any atom is -0.481 e.